The molecule has 32 heavy (non-hydrogen) atoms. The Labute approximate surface area is 185 Å². The zero-order valence-corrected chi connectivity index (χ0v) is 18.8. The first-order valence-corrected chi connectivity index (χ1v) is 12.0. The SMILES string of the molecule is CCOC(=O)Nc1ccc2c(COC(=O)C3CCN(S(=O)(=O)CC)CC3)cc(=O)oc2c1. The molecule has 1 aliphatic rings. The number of benzene rings is 1. The molecule has 3 rings (SSSR count). The third-order valence-corrected chi connectivity index (χ3v) is 7.15. The average Bonchev–Trinajstić information content (AvgIpc) is 2.77. The standard InChI is InChI=1S/C21H26N2O8S/c1-3-29-21(26)22-16-5-6-17-15(11-19(24)31-18(17)12-16)13-30-20(25)14-7-9-23(10-8-14)32(27,28)4-2/h5-6,11-12,14H,3-4,7-10,13H2,1-2H3,(H,22,26). The van der Waals surface area contributed by atoms with Crippen LogP contribution in [0.2, 0.25) is 0 Å². The fourth-order valence-electron chi connectivity index (χ4n) is 3.53. The lowest BCUT2D eigenvalue weighted by atomic mass is 9.98. The molecule has 0 unspecified atom stereocenters. The number of hydrogen-bond donors (Lipinski definition) is 1. The lowest BCUT2D eigenvalue weighted by Gasteiger charge is -2.29. The lowest BCUT2D eigenvalue weighted by Crippen LogP contribution is -2.41. The van der Waals surface area contributed by atoms with Crippen molar-refractivity contribution < 1.29 is 31.9 Å². The highest BCUT2D eigenvalue weighted by Gasteiger charge is 2.31. The molecule has 2 heterocycles. The van der Waals surface area contributed by atoms with E-state index < -0.39 is 33.6 Å². The number of carbonyl (C=O) groups excluding carboxylic acids is 2. The van der Waals surface area contributed by atoms with Crippen molar-refractivity contribution in [3.8, 4) is 0 Å². The van der Waals surface area contributed by atoms with Crippen LogP contribution in [0.15, 0.2) is 33.5 Å². The molecule has 1 amide bonds. The van der Waals surface area contributed by atoms with Gasteiger partial charge in [0, 0.05) is 41.9 Å². The van der Waals surface area contributed by atoms with Crippen molar-refractivity contribution >= 4 is 38.7 Å². The van der Waals surface area contributed by atoms with Crippen molar-refractivity contribution in [2.45, 2.75) is 33.3 Å². The van der Waals surface area contributed by atoms with Crippen molar-refractivity contribution in [3.63, 3.8) is 0 Å². The molecule has 1 aromatic heterocycles. The number of rotatable bonds is 7. The molecule has 0 spiro atoms. The van der Waals surface area contributed by atoms with Gasteiger partial charge >= 0.3 is 17.7 Å². The van der Waals surface area contributed by atoms with Crippen LogP contribution in [0.25, 0.3) is 11.0 Å². The molecule has 0 aliphatic carbocycles. The second-order valence-electron chi connectivity index (χ2n) is 7.33. The molecule has 2 aromatic rings. The Morgan fingerprint density at radius 2 is 1.88 bits per heavy atom. The predicted octanol–water partition coefficient (Wildman–Crippen LogP) is 2.47. The van der Waals surface area contributed by atoms with Crippen molar-refractivity contribution in [2.24, 2.45) is 5.92 Å². The molecule has 1 N–H and O–H groups in total. The first-order chi connectivity index (χ1) is 15.2. The highest BCUT2D eigenvalue weighted by molar-refractivity contribution is 7.89. The molecule has 1 saturated heterocycles. The molecule has 11 heteroatoms. The van der Waals surface area contributed by atoms with Crippen LogP contribution in [-0.4, -0.2) is 50.2 Å². The Balaban J connectivity index is 1.66. The second-order valence-corrected chi connectivity index (χ2v) is 9.59. The molecule has 0 bridgehead atoms. The van der Waals surface area contributed by atoms with E-state index in [1.807, 2.05) is 0 Å². The number of hydrogen-bond acceptors (Lipinski definition) is 8. The number of carbonyl (C=O) groups is 2. The smallest absolute Gasteiger partial charge is 0.411 e. The van der Waals surface area contributed by atoms with E-state index in [-0.39, 0.29) is 37.6 Å². The number of piperidine rings is 1. The van der Waals surface area contributed by atoms with Gasteiger partial charge in [-0.2, -0.15) is 0 Å². The Bertz CT molecular complexity index is 1150. The molecule has 1 fully saturated rings. The fourth-order valence-corrected chi connectivity index (χ4v) is 4.66. The number of nitrogens with zero attached hydrogens (tertiary/aromatic N) is 1. The quantitative estimate of drug-likeness (QED) is 0.486. The summed E-state index contributed by atoms with van der Waals surface area (Å²) in [6.45, 7) is 3.93. The van der Waals surface area contributed by atoms with Crippen LogP contribution < -0.4 is 10.9 Å². The summed E-state index contributed by atoms with van der Waals surface area (Å²) >= 11 is 0. The van der Waals surface area contributed by atoms with E-state index in [1.54, 1.807) is 26.0 Å². The molecule has 10 nitrogen and oxygen atoms in total. The van der Waals surface area contributed by atoms with Crippen LogP contribution in [0.1, 0.15) is 32.3 Å². The largest absolute Gasteiger partial charge is 0.461 e. The summed E-state index contributed by atoms with van der Waals surface area (Å²) in [4.78, 5) is 36.0. The van der Waals surface area contributed by atoms with Crippen LogP contribution in [0.4, 0.5) is 10.5 Å². The van der Waals surface area contributed by atoms with E-state index in [2.05, 4.69) is 5.32 Å². The van der Waals surface area contributed by atoms with Gasteiger partial charge in [0.05, 0.1) is 18.3 Å². The number of sulfonamides is 1. The molecular weight excluding hydrogens is 440 g/mol. The van der Waals surface area contributed by atoms with Crippen LogP contribution in [0.3, 0.4) is 0 Å². The molecular formula is C21H26N2O8S. The van der Waals surface area contributed by atoms with Crippen LogP contribution in [0.5, 0.6) is 0 Å². The van der Waals surface area contributed by atoms with Gasteiger partial charge in [0.25, 0.3) is 0 Å². The minimum Gasteiger partial charge on any atom is -0.461 e. The number of anilines is 1. The van der Waals surface area contributed by atoms with Crippen molar-refractivity contribution in [1.82, 2.24) is 4.31 Å². The third kappa shape index (κ3) is 5.65. The first kappa shape index (κ1) is 23.7. The second kappa shape index (κ2) is 10.1. The zero-order chi connectivity index (χ0) is 23.3. The van der Waals surface area contributed by atoms with Crippen LogP contribution in [0, 0.1) is 5.92 Å². The summed E-state index contributed by atoms with van der Waals surface area (Å²) in [6.07, 6.45) is 0.147. The van der Waals surface area contributed by atoms with E-state index >= 15 is 0 Å². The van der Waals surface area contributed by atoms with Gasteiger partial charge in [0.15, 0.2) is 0 Å². The average molecular weight is 467 g/mol. The molecule has 1 aliphatic heterocycles. The number of esters is 1. The van der Waals surface area contributed by atoms with Gasteiger partial charge in [-0.05, 0) is 38.8 Å². The van der Waals surface area contributed by atoms with E-state index in [0.717, 1.165) is 0 Å². The molecule has 0 saturated carbocycles. The van der Waals surface area contributed by atoms with Crippen molar-refractivity contribution in [2.75, 3.05) is 30.8 Å². The minimum atomic E-state index is -3.27. The number of fused-ring (bicyclic) bond motifs is 1. The number of nitrogens with one attached hydrogen (secondary N) is 1. The topological polar surface area (TPSA) is 132 Å². The number of amides is 1. The normalized spacial score (nSPS) is 15.4. The fraction of sp³-hybridized carbons (Fsp3) is 0.476. The Morgan fingerprint density at radius 1 is 1.16 bits per heavy atom. The Morgan fingerprint density at radius 3 is 2.53 bits per heavy atom. The molecule has 0 atom stereocenters. The van der Waals surface area contributed by atoms with Crippen LogP contribution in [-0.2, 0) is 30.9 Å². The van der Waals surface area contributed by atoms with Gasteiger partial charge in [-0.15, -0.1) is 0 Å². The number of ether oxygens (including phenoxy) is 2. The minimum absolute atomic E-state index is 0.0306. The summed E-state index contributed by atoms with van der Waals surface area (Å²) < 4.78 is 40.8. The van der Waals surface area contributed by atoms with E-state index in [4.69, 9.17) is 13.9 Å². The van der Waals surface area contributed by atoms with E-state index in [1.165, 1.54) is 16.4 Å². The van der Waals surface area contributed by atoms with Gasteiger partial charge in [-0.25, -0.2) is 22.3 Å². The van der Waals surface area contributed by atoms with E-state index in [9.17, 15) is 22.8 Å². The molecule has 0 radical (unpaired) electrons. The van der Waals surface area contributed by atoms with Gasteiger partial charge in [0.2, 0.25) is 10.0 Å². The third-order valence-electron chi connectivity index (χ3n) is 5.27. The van der Waals surface area contributed by atoms with Gasteiger partial charge in [-0.3, -0.25) is 10.1 Å². The van der Waals surface area contributed by atoms with Gasteiger partial charge < -0.3 is 13.9 Å². The summed E-state index contributed by atoms with van der Waals surface area (Å²) in [6, 6.07) is 6.01. The van der Waals surface area contributed by atoms with Crippen molar-refractivity contribution in [3.05, 3.63) is 40.2 Å². The van der Waals surface area contributed by atoms with E-state index in [0.29, 0.717) is 29.5 Å². The lowest BCUT2D eigenvalue weighted by molar-refractivity contribution is -0.151. The summed E-state index contributed by atoms with van der Waals surface area (Å²) in [5.41, 5.74) is 0.478. The molecule has 174 valence electrons. The Hall–Kier alpha value is -2.92. The maximum absolute atomic E-state index is 12.5. The van der Waals surface area contributed by atoms with Crippen LogP contribution >= 0.6 is 0 Å². The molecule has 1 aromatic carbocycles. The monoisotopic (exact) mass is 466 g/mol. The summed E-state index contributed by atoms with van der Waals surface area (Å²) in [7, 11) is -3.27. The zero-order valence-electron chi connectivity index (χ0n) is 18.0. The highest BCUT2D eigenvalue weighted by atomic mass is 32.2. The maximum atomic E-state index is 12.5. The van der Waals surface area contributed by atoms with Gasteiger partial charge in [-0.1, -0.05) is 0 Å². The predicted molar refractivity (Wildman–Crippen MR) is 117 cm³/mol. The highest BCUT2D eigenvalue weighted by Crippen LogP contribution is 2.24. The maximum Gasteiger partial charge on any atom is 0.411 e. The first-order valence-electron chi connectivity index (χ1n) is 10.4. The summed E-state index contributed by atoms with van der Waals surface area (Å²) in [5.74, 6) is -0.798. The summed E-state index contributed by atoms with van der Waals surface area (Å²) in [5, 5.41) is 3.10. The van der Waals surface area contributed by atoms with Gasteiger partial charge in [0.1, 0.15) is 12.2 Å². The Kier molecular flexibility index (Phi) is 7.52. The van der Waals surface area contributed by atoms with Crippen molar-refractivity contribution in [1.29, 1.82) is 0 Å².